The molecule has 0 fully saturated rings. The normalized spacial score (nSPS) is 12.0. The summed E-state index contributed by atoms with van der Waals surface area (Å²) in [6.07, 6.45) is 5.31. The summed E-state index contributed by atoms with van der Waals surface area (Å²) < 4.78 is 11.1. The molecular weight excluding hydrogens is 276 g/mol. The van der Waals surface area contributed by atoms with E-state index in [0.717, 1.165) is 22.6 Å². The maximum atomic E-state index is 5.60. The number of para-hydroxylation sites is 1. The zero-order valence-electron chi connectivity index (χ0n) is 12.4. The molecule has 0 aliphatic carbocycles. The summed E-state index contributed by atoms with van der Waals surface area (Å²) in [5.41, 5.74) is 2.16. The van der Waals surface area contributed by atoms with Crippen LogP contribution < -0.4 is 10.1 Å². The topological polar surface area (TPSA) is 47.3 Å². The van der Waals surface area contributed by atoms with Gasteiger partial charge >= 0.3 is 0 Å². The third-order valence-corrected chi connectivity index (χ3v) is 3.51. The molecule has 0 radical (unpaired) electrons. The zero-order chi connectivity index (χ0) is 15.2. The van der Waals surface area contributed by atoms with Crippen LogP contribution in [0.25, 0.3) is 0 Å². The van der Waals surface area contributed by atoms with Gasteiger partial charge in [-0.1, -0.05) is 24.3 Å². The molecule has 0 bridgehead atoms. The fraction of sp³-hybridized carbons (Fsp3) is 0.167. The van der Waals surface area contributed by atoms with Crippen LogP contribution in [0.5, 0.6) is 5.75 Å². The van der Waals surface area contributed by atoms with Crippen molar-refractivity contribution in [2.75, 3.05) is 7.11 Å². The van der Waals surface area contributed by atoms with Crippen LogP contribution in [0.3, 0.4) is 0 Å². The van der Waals surface area contributed by atoms with E-state index in [4.69, 9.17) is 9.15 Å². The Morgan fingerprint density at radius 1 is 1.14 bits per heavy atom. The van der Waals surface area contributed by atoms with Gasteiger partial charge in [-0.15, -0.1) is 0 Å². The molecule has 2 heterocycles. The van der Waals surface area contributed by atoms with Crippen LogP contribution in [-0.4, -0.2) is 12.1 Å². The van der Waals surface area contributed by atoms with E-state index in [1.807, 2.05) is 54.7 Å². The van der Waals surface area contributed by atoms with Gasteiger partial charge in [0.25, 0.3) is 0 Å². The van der Waals surface area contributed by atoms with Crippen LogP contribution in [-0.2, 0) is 6.54 Å². The molecule has 1 aromatic carbocycles. The molecule has 22 heavy (non-hydrogen) atoms. The van der Waals surface area contributed by atoms with E-state index in [1.54, 1.807) is 19.6 Å². The van der Waals surface area contributed by atoms with E-state index in [0.29, 0.717) is 6.54 Å². The number of nitrogens with one attached hydrogen (secondary N) is 1. The predicted octanol–water partition coefficient (Wildman–Crippen LogP) is 3.56. The highest BCUT2D eigenvalue weighted by atomic mass is 16.5. The van der Waals surface area contributed by atoms with Crippen molar-refractivity contribution in [1.82, 2.24) is 10.3 Å². The zero-order valence-corrected chi connectivity index (χ0v) is 12.4. The fourth-order valence-electron chi connectivity index (χ4n) is 2.45. The number of hydrogen-bond donors (Lipinski definition) is 1. The average molecular weight is 294 g/mol. The molecule has 3 rings (SSSR count). The highest BCUT2D eigenvalue weighted by Crippen LogP contribution is 2.30. The first-order chi connectivity index (χ1) is 10.9. The summed E-state index contributed by atoms with van der Waals surface area (Å²) in [6.45, 7) is 0.692. The minimum Gasteiger partial charge on any atom is -0.496 e. The number of hydrogen-bond acceptors (Lipinski definition) is 4. The largest absolute Gasteiger partial charge is 0.496 e. The van der Waals surface area contributed by atoms with Gasteiger partial charge in [-0.25, -0.2) is 0 Å². The lowest BCUT2D eigenvalue weighted by atomic mass is 10.0. The lowest BCUT2D eigenvalue weighted by Gasteiger charge is -2.19. The first kappa shape index (κ1) is 14.4. The molecule has 0 aliphatic heterocycles. The van der Waals surface area contributed by atoms with Gasteiger partial charge in [-0.05, 0) is 29.8 Å². The Bertz CT molecular complexity index is 696. The minimum atomic E-state index is -0.0774. The van der Waals surface area contributed by atoms with E-state index in [2.05, 4.69) is 10.3 Å². The first-order valence-electron chi connectivity index (χ1n) is 7.17. The molecule has 4 heteroatoms. The van der Waals surface area contributed by atoms with Gasteiger partial charge in [-0.2, -0.15) is 0 Å². The summed E-state index contributed by atoms with van der Waals surface area (Å²) >= 11 is 0. The van der Waals surface area contributed by atoms with Crippen molar-refractivity contribution in [3.05, 3.63) is 84.1 Å². The molecule has 0 amide bonds. The Kier molecular flexibility index (Phi) is 4.51. The van der Waals surface area contributed by atoms with Gasteiger partial charge in [0.05, 0.1) is 19.4 Å². The predicted molar refractivity (Wildman–Crippen MR) is 84.6 cm³/mol. The van der Waals surface area contributed by atoms with E-state index >= 15 is 0 Å². The second-order valence-electron chi connectivity index (χ2n) is 4.93. The lowest BCUT2D eigenvalue weighted by molar-refractivity contribution is 0.392. The van der Waals surface area contributed by atoms with Crippen molar-refractivity contribution in [3.63, 3.8) is 0 Å². The molecule has 1 atom stereocenters. The van der Waals surface area contributed by atoms with Crippen LogP contribution in [0, 0.1) is 0 Å². The maximum Gasteiger partial charge on any atom is 0.125 e. The molecule has 0 saturated heterocycles. The van der Waals surface area contributed by atoms with Crippen molar-refractivity contribution in [1.29, 1.82) is 0 Å². The Hall–Kier alpha value is -2.59. The fourth-order valence-corrected chi connectivity index (χ4v) is 2.45. The van der Waals surface area contributed by atoms with Gasteiger partial charge < -0.3 is 9.15 Å². The number of pyridine rings is 1. The number of rotatable bonds is 6. The van der Waals surface area contributed by atoms with E-state index in [9.17, 15) is 0 Å². The van der Waals surface area contributed by atoms with E-state index < -0.39 is 0 Å². The summed E-state index contributed by atoms with van der Waals surface area (Å²) in [4.78, 5) is 4.14. The van der Waals surface area contributed by atoms with Crippen molar-refractivity contribution in [2.45, 2.75) is 12.6 Å². The van der Waals surface area contributed by atoms with Gasteiger partial charge in [0.15, 0.2) is 0 Å². The monoisotopic (exact) mass is 294 g/mol. The molecule has 3 aromatic rings. The minimum absolute atomic E-state index is 0.0774. The van der Waals surface area contributed by atoms with Crippen LogP contribution in [0.15, 0.2) is 71.6 Å². The molecule has 1 N–H and O–H groups in total. The SMILES string of the molecule is COc1ccccc1[C@H](NCc1cccnc1)c1ccco1. The standard InChI is InChI=1S/C18H18N2O2/c1-21-16-8-3-2-7-15(16)18(17-9-5-11-22-17)20-13-14-6-4-10-19-12-14/h2-12,18,20H,13H2,1H3/t18-/m0/s1. The lowest BCUT2D eigenvalue weighted by Crippen LogP contribution is -2.22. The summed E-state index contributed by atoms with van der Waals surface area (Å²) in [5, 5.41) is 3.52. The Balaban J connectivity index is 1.88. The summed E-state index contributed by atoms with van der Waals surface area (Å²) in [7, 11) is 1.68. The Morgan fingerprint density at radius 3 is 2.77 bits per heavy atom. The maximum absolute atomic E-state index is 5.60. The quantitative estimate of drug-likeness (QED) is 0.755. The van der Waals surface area contributed by atoms with Gasteiger partial charge in [-0.3, -0.25) is 10.3 Å². The van der Waals surface area contributed by atoms with Crippen LogP contribution in [0.1, 0.15) is 22.9 Å². The molecule has 0 aliphatic rings. The van der Waals surface area contributed by atoms with Gasteiger partial charge in [0.1, 0.15) is 11.5 Å². The average Bonchev–Trinajstić information content (AvgIpc) is 3.11. The molecule has 4 nitrogen and oxygen atoms in total. The van der Waals surface area contributed by atoms with E-state index in [1.165, 1.54) is 0 Å². The highest BCUT2D eigenvalue weighted by Gasteiger charge is 2.20. The van der Waals surface area contributed by atoms with Crippen LogP contribution in [0.2, 0.25) is 0 Å². The van der Waals surface area contributed by atoms with Crippen molar-refractivity contribution in [3.8, 4) is 5.75 Å². The van der Waals surface area contributed by atoms with Gasteiger partial charge in [0.2, 0.25) is 0 Å². The number of methoxy groups -OCH3 is 1. The number of nitrogens with zero attached hydrogens (tertiary/aromatic N) is 1. The molecule has 112 valence electrons. The summed E-state index contributed by atoms with van der Waals surface area (Å²) in [5.74, 6) is 1.69. The Labute approximate surface area is 129 Å². The number of benzene rings is 1. The first-order valence-corrected chi connectivity index (χ1v) is 7.17. The molecule has 0 unspecified atom stereocenters. The third-order valence-electron chi connectivity index (χ3n) is 3.51. The third kappa shape index (κ3) is 3.18. The Morgan fingerprint density at radius 2 is 2.05 bits per heavy atom. The molecule has 0 saturated carbocycles. The number of furan rings is 1. The second kappa shape index (κ2) is 6.91. The van der Waals surface area contributed by atoms with Gasteiger partial charge in [0, 0.05) is 24.5 Å². The summed E-state index contributed by atoms with van der Waals surface area (Å²) in [6, 6.07) is 15.7. The number of ether oxygens (including phenoxy) is 1. The van der Waals surface area contributed by atoms with Crippen LogP contribution >= 0.6 is 0 Å². The smallest absolute Gasteiger partial charge is 0.125 e. The van der Waals surface area contributed by atoms with Crippen molar-refractivity contribution < 1.29 is 9.15 Å². The van der Waals surface area contributed by atoms with Crippen molar-refractivity contribution >= 4 is 0 Å². The molecular formula is C18H18N2O2. The van der Waals surface area contributed by atoms with E-state index in [-0.39, 0.29) is 6.04 Å². The molecule has 2 aromatic heterocycles. The van der Waals surface area contributed by atoms with Crippen molar-refractivity contribution in [2.24, 2.45) is 0 Å². The van der Waals surface area contributed by atoms with Crippen LogP contribution in [0.4, 0.5) is 0 Å². The highest BCUT2D eigenvalue weighted by molar-refractivity contribution is 5.39. The number of aromatic nitrogens is 1. The molecule has 0 spiro atoms. The second-order valence-corrected chi connectivity index (χ2v) is 4.93.